The number of halogens is 1. The summed E-state index contributed by atoms with van der Waals surface area (Å²) in [5, 5.41) is 0.622. The Morgan fingerprint density at radius 2 is 1.54 bits per heavy atom. The van der Waals surface area contributed by atoms with E-state index in [1.54, 1.807) is 36.4 Å². The molecule has 2 aromatic rings. The Balaban J connectivity index is 1.58. The predicted molar refractivity (Wildman–Crippen MR) is 107 cm³/mol. The number of carbonyl (C=O) groups excluding carboxylic acids is 1. The van der Waals surface area contributed by atoms with Crippen molar-refractivity contribution < 1.29 is 17.9 Å². The lowest BCUT2D eigenvalue weighted by Gasteiger charge is -2.42. The minimum Gasteiger partial charge on any atom is -0.468 e. The lowest BCUT2D eigenvalue weighted by molar-refractivity contribution is -0.143. The van der Waals surface area contributed by atoms with Gasteiger partial charge in [0.05, 0.1) is 23.0 Å². The van der Waals surface area contributed by atoms with Gasteiger partial charge in [-0.1, -0.05) is 35.9 Å². The third-order valence-electron chi connectivity index (χ3n) is 5.98. The molecule has 2 aliphatic rings. The van der Waals surface area contributed by atoms with Gasteiger partial charge >= 0.3 is 5.97 Å². The van der Waals surface area contributed by atoms with Crippen LogP contribution < -0.4 is 4.72 Å². The summed E-state index contributed by atoms with van der Waals surface area (Å²) < 4.78 is 33.8. The Kier molecular flexibility index (Phi) is 4.76. The van der Waals surface area contributed by atoms with Crippen LogP contribution in [-0.2, 0) is 30.5 Å². The van der Waals surface area contributed by atoms with E-state index in [1.165, 1.54) is 7.11 Å². The van der Waals surface area contributed by atoms with E-state index < -0.39 is 21.0 Å². The van der Waals surface area contributed by atoms with Gasteiger partial charge in [0, 0.05) is 5.02 Å². The van der Waals surface area contributed by atoms with E-state index >= 15 is 0 Å². The van der Waals surface area contributed by atoms with Gasteiger partial charge in [-0.3, -0.25) is 4.79 Å². The molecule has 148 valence electrons. The molecule has 4 rings (SSSR count). The average Bonchev–Trinajstić information content (AvgIpc) is 3.47. The van der Waals surface area contributed by atoms with Crippen molar-refractivity contribution in [3.8, 4) is 0 Å². The second-order valence-corrected chi connectivity index (χ2v) is 9.76. The summed E-state index contributed by atoms with van der Waals surface area (Å²) in [6.45, 7) is 0. The summed E-state index contributed by atoms with van der Waals surface area (Å²) in [7, 11) is -2.33. The molecule has 0 atom stereocenters. The molecule has 1 N–H and O–H groups in total. The fraction of sp³-hybridized carbons (Fsp3) is 0.381. The van der Waals surface area contributed by atoms with Crippen LogP contribution in [0.3, 0.4) is 0 Å². The minimum atomic E-state index is -3.70. The molecule has 0 saturated heterocycles. The van der Waals surface area contributed by atoms with Gasteiger partial charge < -0.3 is 4.74 Å². The number of esters is 1. The van der Waals surface area contributed by atoms with Gasteiger partial charge in [0.15, 0.2) is 0 Å². The van der Waals surface area contributed by atoms with Crippen molar-refractivity contribution in [1.82, 2.24) is 4.72 Å². The van der Waals surface area contributed by atoms with Gasteiger partial charge in [0.25, 0.3) is 0 Å². The molecule has 2 aromatic carbocycles. The summed E-state index contributed by atoms with van der Waals surface area (Å²) in [4.78, 5) is 12.2. The first kappa shape index (κ1) is 19.4. The van der Waals surface area contributed by atoms with Crippen molar-refractivity contribution >= 4 is 27.6 Å². The number of hydrogen-bond donors (Lipinski definition) is 1. The van der Waals surface area contributed by atoms with Gasteiger partial charge in [-0.05, 0) is 67.5 Å². The summed E-state index contributed by atoms with van der Waals surface area (Å²) >= 11 is 5.97. The minimum absolute atomic E-state index is 0.192. The van der Waals surface area contributed by atoms with Crippen LogP contribution in [0.2, 0.25) is 5.02 Å². The molecule has 5 nitrogen and oxygen atoms in total. The first-order chi connectivity index (χ1) is 13.3. The van der Waals surface area contributed by atoms with Gasteiger partial charge in [0.2, 0.25) is 10.0 Å². The molecule has 2 aliphatic carbocycles. The van der Waals surface area contributed by atoms with E-state index in [1.807, 2.05) is 12.1 Å². The summed E-state index contributed by atoms with van der Waals surface area (Å²) in [6, 6.07) is 13.9. The maximum atomic E-state index is 13.0. The Hall–Kier alpha value is -1.89. The zero-order valence-electron chi connectivity index (χ0n) is 15.6. The topological polar surface area (TPSA) is 72.5 Å². The Labute approximate surface area is 170 Å². The number of rotatable bonds is 6. The number of carbonyl (C=O) groups is 1. The van der Waals surface area contributed by atoms with E-state index in [0.717, 1.165) is 43.2 Å². The highest BCUT2D eigenvalue weighted by Gasteiger charge is 2.52. The lowest BCUT2D eigenvalue weighted by atomic mass is 9.73. The van der Waals surface area contributed by atoms with E-state index in [0.29, 0.717) is 5.02 Å². The van der Waals surface area contributed by atoms with Crippen LogP contribution in [0.25, 0.3) is 0 Å². The van der Waals surface area contributed by atoms with Crippen LogP contribution in [0.5, 0.6) is 0 Å². The molecule has 0 heterocycles. The maximum Gasteiger partial charge on any atom is 0.316 e. The van der Waals surface area contributed by atoms with Crippen LogP contribution >= 0.6 is 11.6 Å². The number of nitrogens with one attached hydrogen (secondary N) is 1. The van der Waals surface area contributed by atoms with Gasteiger partial charge in [-0.15, -0.1) is 0 Å². The molecule has 0 amide bonds. The molecule has 0 aliphatic heterocycles. The monoisotopic (exact) mass is 419 g/mol. The smallest absolute Gasteiger partial charge is 0.316 e. The predicted octanol–water partition coefficient (Wildman–Crippen LogP) is 3.90. The van der Waals surface area contributed by atoms with Crippen molar-refractivity contribution in [3.05, 3.63) is 64.7 Å². The first-order valence-corrected chi connectivity index (χ1v) is 11.2. The van der Waals surface area contributed by atoms with Crippen LogP contribution in [-0.4, -0.2) is 21.5 Å². The van der Waals surface area contributed by atoms with Crippen molar-refractivity contribution in [2.75, 3.05) is 7.11 Å². The Morgan fingerprint density at radius 1 is 0.964 bits per heavy atom. The zero-order valence-corrected chi connectivity index (χ0v) is 17.1. The molecular formula is C21H22ClNO4S. The average molecular weight is 420 g/mol. The summed E-state index contributed by atoms with van der Waals surface area (Å²) in [5.41, 5.74) is 0.523. The number of ether oxygens (including phenoxy) is 1. The third-order valence-corrected chi connectivity index (χ3v) is 7.78. The fourth-order valence-electron chi connectivity index (χ4n) is 3.95. The van der Waals surface area contributed by atoms with Crippen LogP contribution in [0.15, 0.2) is 53.4 Å². The molecule has 2 saturated carbocycles. The molecular weight excluding hydrogens is 398 g/mol. The summed E-state index contributed by atoms with van der Waals surface area (Å²) in [5.74, 6) is -0.266. The van der Waals surface area contributed by atoms with E-state index in [-0.39, 0.29) is 10.9 Å². The van der Waals surface area contributed by atoms with Crippen molar-refractivity contribution in [3.63, 3.8) is 0 Å². The van der Waals surface area contributed by atoms with Crippen molar-refractivity contribution in [2.24, 2.45) is 0 Å². The molecule has 0 aromatic heterocycles. The van der Waals surface area contributed by atoms with Gasteiger partial charge in [-0.25, -0.2) is 13.1 Å². The largest absolute Gasteiger partial charge is 0.468 e. The van der Waals surface area contributed by atoms with E-state index in [2.05, 4.69) is 4.72 Å². The number of benzene rings is 2. The normalized spacial score (nSPS) is 19.5. The van der Waals surface area contributed by atoms with Crippen LogP contribution in [0, 0.1) is 0 Å². The number of hydrogen-bond acceptors (Lipinski definition) is 4. The molecule has 0 bridgehead atoms. The van der Waals surface area contributed by atoms with Crippen LogP contribution in [0.4, 0.5) is 0 Å². The highest BCUT2D eigenvalue weighted by molar-refractivity contribution is 7.89. The second kappa shape index (κ2) is 6.87. The Morgan fingerprint density at radius 3 is 2.00 bits per heavy atom. The first-order valence-electron chi connectivity index (χ1n) is 9.30. The summed E-state index contributed by atoms with van der Waals surface area (Å²) in [6.07, 6.45) is 3.91. The molecule has 0 spiro atoms. The third kappa shape index (κ3) is 3.23. The van der Waals surface area contributed by atoms with E-state index in [9.17, 15) is 13.2 Å². The molecule has 0 unspecified atom stereocenters. The number of sulfonamides is 1. The second-order valence-electron chi connectivity index (χ2n) is 7.65. The van der Waals surface area contributed by atoms with Gasteiger partial charge in [0.1, 0.15) is 0 Å². The maximum absolute atomic E-state index is 13.0. The van der Waals surface area contributed by atoms with E-state index in [4.69, 9.17) is 16.3 Å². The molecule has 2 fully saturated rings. The Bertz CT molecular complexity index is 992. The fourth-order valence-corrected chi connectivity index (χ4v) is 5.52. The molecule has 0 radical (unpaired) electrons. The SMILES string of the molecule is COC(=O)C1(c2ccc(S(=O)(=O)NC3(c4ccc(Cl)cc4)CCC3)cc2)CC1. The van der Waals surface area contributed by atoms with Crippen molar-refractivity contribution in [1.29, 1.82) is 0 Å². The quantitative estimate of drug-likeness (QED) is 0.720. The lowest BCUT2D eigenvalue weighted by Crippen LogP contribution is -2.50. The van der Waals surface area contributed by atoms with Gasteiger partial charge in [-0.2, -0.15) is 0 Å². The molecule has 28 heavy (non-hydrogen) atoms. The highest BCUT2D eigenvalue weighted by atomic mass is 35.5. The molecule has 7 heteroatoms. The standard InChI is InChI=1S/C21H22ClNO4S/c1-27-19(24)20(13-14-20)15-5-9-18(10-6-15)28(25,26)23-21(11-2-12-21)16-3-7-17(22)8-4-16/h3-10,23H,2,11-14H2,1H3. The van der Waals surface area contributed by atoms with Crippen LogP contribution in [0.1, 0.15) is 43.2 Å². The van der Waals surface area contributed by atoms with Crippen molar-refractivity contribution in [2.45, 2.75) is 48.0 Å². The zero-order chi connectivity index (χ0) is 20.0. The number of methoxy groups -OCH3 is 1. The highest BCUT2D eigenvalue weighted by Crippen LogP contribution is 2.49.